The Bertz CT molecular complexity index is 1270. The summed E-state index contributed by atoms with van der Waals surface area (Å²) in [6.07, 6.45) is 0.379. The van der Waals surface area contributed by atoms with E-state index in [0.717, 1.165) is 15.6 Å². The molecule has 0 bridgehead atoms. The third kappa shape index (κ3) is 5.31. The van der Waals surface area contributed by atoms with Crippen molar-refractivity contribution in [3.63, 3.8) is 0 Å². The first-order valence-electron chi connectivity index (χ1n) is 9.78. The summed E-state index contributed by atoms with van der Waals surface area (Å²) < 4.78 is 40.6. The van der Waals surface area contributed by atoms with Crippen molar-refractivity contribution >= 4 is 37.6 Å². The van der Waals surface area contributed by atoms with E-state index >= 15 is 0 Å². The van der Waals surface area contributed by atoms with Crippen LogP contribution in [0.4, 0.5) is 5.69 Å². The van der Waals surface area contributed by atoms with E-state index in [2.05, 4.69) is 20.7 Å². The monoisotopic (exact) mass is 517 g/mol. The summed E-state index contributed by atoms with van der Waals surface area (Å²) in [6.45, 7) is 3.57. The number of methoxy groups -OCH3 is 2. The number of hydrogen-bond donors (Lipinski definition) is 1. The summed E-state index contributed by atoms with van der Waals surface area (Å²) in [5, 5.41) is 0. The van der Waals surface area contributed by atoms with Gasteiger partial charge in [-0.1, -0.05) is 34.1 Å². The van der Waals surface area contributed by atoms with Crippen molar-refractivity contribution in [1.82, 2.24) is 0 Å². The van der Waals surface area contributed by atoms with Crippen LogP contribution in [0, 0.1) is 13.8 Å². The topological polar surface area (TPSA) is 81.7 Å². The van der Waals surface area contributed by atoms with Gasteiger partial charge in [0.2, 0.25) is 0 Å². The van der Waals surface area contributed by atoms with Crippen LogP contribution in [0.2, 0.25) is 0 Å². The van der Waals surface area contributed by atoms with E-state index in [0.29, 0.717) is 23.3 Å². The third-order valence-corrected chi connectivity index (χ3v) is 6.91. The van der Waals surface area contributed by atoms with E-state index in [1.165, 1.54) is 20.3 Å². The highest BCUT2D eigenvalue weighted by Gasteiger charge is 2.24. The van der Waals surface area contributed by atoms with Crippen molar-refractivity contribution < 1.29 is 22.7 Å². The molecule has 0 fully saturated rings. The molecule has 0 saturated heterocycles. The molecule has 1 N–H and O–H groups in total. The van der Waals surface area contributed by atoms with Gasteiger partial charge < -0.3 is 9.47 Å². The van der Waals surface area contributed by atoms with Gasteiger partial charge in [-0.2, -0.15) is 0 Å². The minimum Gasteiger partial charge on any atom is -0.497 e. The van der Waals surface area contributed by atoms with Crippen molar-refractivity contribution in [3.05, 3.63) is 86.9 Å². The van der Waals surface area contributed by atoms with Gasteiger partial charge in [-0.05, 0) is 78.9 Å². The van der Waals surface area contributed by atoms with Gasteiger partial charge in [0.15, 0.2) is 0 Å². The normalized spacial score (nSPS) is 11.2. The first-order chi connectivity index (χ1) is 15.1. The molecule has 168 valence electrons. The van der Waals surface area contributed by atoms with Crippen LogP contribution >= 0.6 is 15.9 Å². The lowest BCUT2D eigenvalue weighted by molar-refractivity contribution is 0.0601. The molecule has 32 heavy (non-hydrogen) atoms. The first-order valence-corrected chi connectivity index (χ1v) is 12.1. The second kappa shape index (κ2) is 9.75. The van der Waals surface area contributed by atoms with Gasteiger partial charge in [-0.3, -0.25) is 4.72 Å². The summed E-state index contributed by atoms with van der Waals surface area (Å²) in [4.78, 5) is 12.4. The number of anilines is 1. The lowest BCUT2D eigenvalue weighted by Gasteiger charge is -2.17. The summed E-state index contributed by atoms with van der Waals surface area (Å²) in [5.74, 6) is -0.0608. The van der Waals surface area contributed by atoms with Crippen LogP contribution in [-0.4, -0.2) is 28.6 Å². The number of ether oxygens (including phenoxy) is 2. The Kier molecular flexibility index (Phi) is 7.26. The zero-order valence-electron chi connectivity index (χ0n) is 18.2. The molecule has 0 aliphatic heterocycles. The fourth-order valence-electron chi connectivity index (χ4n) is 3.51. The fourth-order valence-corrected chi connectivity index (χ4v) is 5.33. The zero-order valence-corrected chi connectivity index (χ0v) is 20.6. The number of hydrogen-bond acceptors (Lipinski definition) is 5. The molecule has 0 spiro atoms. The van der Waals surface area contributed by atoms with Gasteiger partial charge in [0.1, 0.15) is 5.75 Å². The van der Waals surface area contributed by atoms with Gasteiger partial charge in [-0.25, -0.2) is 13.2 Å². The Balaban J connectivity index is 2.09. The largest absolute Gasteiger partial charge is 0.497 e. The Morgan fingerprint density at radius 3 is 2.44 bits per heavy atom. The Hall–Kier alpha value is -2.84. The van der Waals surface area contributed by atoms with Crippen molar-refractivity contribution in [3.8, 4) is 5.75 Å². The third-order valence-electron chi connectivity index (χ3n) is 4.96. The Morgan fingerprint density at radius 1 is 1.03 bits per heavy atom. The number of carbonyl (C=O) groups excluding carboxylic acids is 1. The Labute approximate surface area is 196 Å². The number of halogens is 1. The lowest BCUT2D eigenvalue weighted by Crippen LogP contribution is -2.19. The molecule has 3 aromatic carbocycles. The number of nitrogens with one attached hydrogen (secondary N) is 1. The van der Waals surface area contributed by atoms with Crippen LogP contribution in [0.3, 0.4) is 0 Å². The SMILES string of the molecule is COC(=O)c1cc(C)cc(C)c1NS(=O)(=O)c1ccc(OC)cc1Cc1cccc(Br)c1. The van der Waals surface area contributed by atoms with Crippen LogP contribution in [0.15, 0.2) is 64.0 Å². The zero-order chi connectivity index (χ0) is 23.5. The van der Waals surface area contributed by atoms with E-state index in [-0.39, 0.29) is 16.1 Å². The van der Waals surface area contributed by atoms with Gasteiger partial charge >= 0.3 is 5.97 Å². The predicted molar refractivity (Wildman–Crippen MR) is 128 cm³/mol. The maximum absolute atomic E-state index is 13.5. The highest BCUT2D eigenvalue weighted by atomic mass is 79.9. The molecule has 0 aliphatic rings. The quantitative estimate of drug-likeness (QED) is 0.432. The average Bonchev–Trinajstić information content (AvgIpc) is 2.74. The van der Waals surface area contributed by atoms with Crippen LogP contribution < -0.4 is 9.46 Å². The number of rotatable bonds is 7. The molecule has 0 atom stereocenters. The molecule has 8 heteroatoms. The first kappa shape index (κ1) is 23.8. The van der Waals surface area contributed by atoms with E-state index in [9.17, 15) is 13.2 Å². The fraction of sp³-hybridized carbons (Fsp3) is 0.208. The molecule has 3 rings (SSSR count). The molecule has 0 heterocycles. The van der Waals surface area contributed by atoms with Crippen LogP contribution in [0.1, 0.15) is 32.6 Å². The van der Waals surface area contributed by atoms with Crippen molar-refractivity contribution in [2.24, 2.45) is 0 Å². The Morgan fingerprint density at radius 2 is 1.78 bits per heavy atom. The van der Waals surface area contributed by atoms with Crippen molar-refractivity contribution in [1.29, 1.82) is 0 Å². The molecule has 3 aromatic rings. The smallest absolute Gasteiger partial charge is 0.340 e. The lowest BCUT2D eigenvalue weighted by atomic mass is 10.0. The molecular weight excluding hydrogens is 494 g/mol. The molecular formula is C24H24BrNO5S. The van der Waals surface area contributed by atoms with Crippen LogP contribution in [-0.2, 0) is 21.2 Å². The van der Waals surface area contributed by atoms with Crippen molar-refractivity contribution in [2.45, 2.75) is 25.2 Å². The van der Waals surface area contributed by atoms with Crippen molar-refractivity contribution in [2.75, 3.05) is 18.9 Å². The molecule has 6 nitrogen and oxygen atoms in total. The van der Waals surface area contributed by atoms with Gasteiger partial charge in [0.05, 0.1) is 30.4 Å². The highest BCUT2D eigenvalue weighted by Crippen LogP contribution is 2.30. The molecule has 0 aliphatic carbocycles. The van der Waals surface area contributed by atoms with E-state index in [4.69, 9.17) is 9.47 Å². The number of aryl methyl sites for hydroxylation is 2. The minimum atomic E-state index is -4.02. The second-order valence-electron chi connectivity index (χ2n) is 7.38. The number of sulfonamides is 1. The maximum Gasteiger partial charge on any atom is 0.340 e. The molecule has 0 saturated carbocycles. The van der Waals surface area contributed by atoms with Gasteiger partial charge in [0.25, 0.3) is 10.0 Å². The number of esters is 1. The minimum absolute atomic E-state index is 0.106. The van der Waals surface area contributed by atoms with Crippen LogP contribution in [0.25, 0.3) is 0 Å². The predicted octanol–water partition coefficient (Wildman–Crippen LogP) is 5.25. The van der Waals surface area contributed by atoms with E-state index in [1.807, 2.05) is 31.2 Å². The van der Waals surface area contributed by atoms with Gasteiger partial charge in [-0.15, -0.1) is 0 Å². The molecule has 0 amide bonds. The number of benzene rings is 3. The summed E-state index contributed by atoms with van der Waals surface area (Å²) in [5.41, 5.74) is 3.31. The van der Waals surface area contributed by atoms with Gasteiger partial charge in [0, 0.05) is 4.47 Å². The second-order valence-corrected chi connectivity index (χ2v) is 9.95. The van der Waals surface area contributed by atoms with E-state index in [1.54, 1.807) is 31.2 Å². The number of carbonyl (C=O) groups is 1. The van der Waals surface area contributed by atoms with E-state index < -0.39 is 16.0 Å². The summed E-state index contributed by atoms with van der Waals surface area (Å²) >= 11 is 3.45. The molecule has 0 unspecified atom stereocenters. The van der Waals surface area contributed by atoms with Crippen LogP contribution in [0.5, 0.6) is 5.75 Å². The standard InChI is InChI=1S/C24H24BrNO5S/c1-15-10-16(2)23(21(11-15)24(27)31-4)26-32(28,29)22-9-8-20(30-3)14-18(22)12-17-6-5-7-19(25)13-17/h5-11,13-14,26H,12H2,1-4H3. The maximum atomic E-state index is 13.5. The highest BCUT2D eigenvalue weighted by molar-refractivity contribution is 9.10. The summed E-state index contributed by atoms with van der Waals surface area (Å²) in [7, 11) is -1.23. The average molecular weight is 518 g/mol. The molecule has 0 aromatic heterocycles. The summed E-state index contributed by atoms with van der Waals surface area (Å²) in [6, 6.07) is 15.9. The molecule has 0 radical (unpaired) electrons.